The van der Waals surface area contributed by atoms with E-state index in [1.165, 1.54) is 30.6 Å². The Kier molecular flexibility index (Phi) is 7.79. The van der Waals surface area contributed by atoms with Crippen LogP contribution in [0.3, 0.4) is 0 Å². The molecule has 0 aromatic carbocycles. The van der Waals surface area contributed by atoms with Crippen molar-refractivity contribution in [2.75, 3.05) is 18.9 Å². The molecule has 0 unspecified atom stereocenters. The first-order valence-electron chi connectivity index (χ1n) is 9.88. The fraction of sp³-hybridized carbons (Fsp3) is 0.412. The van der Waals surface area contributed by atoms with Gasteiger partial charge in [-0.1, -0.05) is 5.16 Å². The minimum atomic E-state index is -4.95. The average Bonchev–Trinajstić information content (AvgIpc) is 3.37. The highest BCUT2D eigenvalue weighted by atomic mass is 32.3. The van der Waals surface area contributed by atoms with E-state index in [2.05, 4.69) is 24.7 Å². The van der Waals surface area contributed by atoms with Crippen molar-refractivity contribution in [3.8, 4) is 5.88 Å². The number of carbonyl (C=O) groups is 2. The van der Waals surface area contributed by atoms with Crippen LogP contribution >= 0.6 is 22.7 Å². The van der Waals surface area contributed by atoms with Gasteiger partial charge in [0.1, 0.15) is 18.3 Å². The minimum absolute atomic E-state index is 0.00437. The van der Waals surface area contributed by atoms with Crippen molar-refractivity contribution in [3.63, 3.8) is 0 Å². The van der Waals surface area contributed by atoms with Crippen LogP contribution in [0.1, 0.15) is 29.4 Å². The van der Waals surface area contributed by atoms with Gasteiger partial charge in [-0.25, -0.2) is 4.98 Å². The third-order valence-corrected chi connectivity index (χ3v) is 6.65. The van der Waals surface area contributed by atoms with E-state index in [1.54, 1.807) is 6.92 Å². The summed E-state index contributed by atoms with van der Waals surface area (Å²) in [4.78, 5) is 39.2. The van der Waals surface area contributed by atoms with Gasteiger partial charge >= 0.3 is 10.4 Å². The van der Waals surface area contributed by atoms with Crippen LogP contribution in [-0.4, -0.2) is 76.2 Å². The van der Waals surface area contributed by atoms with Crippen molar-refractivity contribution in [1.29, 1.82) is 5.41 Å². The predicted molar refractivity (Wildman–Crippen MR) is 128 cm³/mol. The first kappa shape index (κ1) is 27.2. The first-order valence-corrected chi connectivity index (χ1v) is 12.9. The SMILES string of the molecule is Cc1sc(C(=N)N)nc1OCCON=C(C(=O)N[C@@H]1C(=O)N(OS(=O)(=O)O)C1(C)C)c1csc(N)n1. The Hall–Kier alpha value is -3.39. The number of aromatic nitrogens is 2. The topological polar surface area (TPSA) is 246 Å². The van der Waals surface area contributed by atoms with Crippen molar-refractivity contribution in [2.45, 2.75) is 32.4 Å². The number of thiazole rings is 2. The lowest BCUT2D eigenvalue weighted by atomic mass is 9.84. The number of oxime groups is 1. The summed E-state index contributed by atoms with van der Waals surface area (Å²) in [5.74, 6) is -1.68. The lowest BCUT2D eigenvalue weighted by molar-refractivity contribution is -0.218. The molecular weight excluding hydrogens is 540 g/mol. The molecule has 2 amide bonds. The highest BCUT2D eigenvalue weighted by molar-refractivity contribution is 7.80. The van der Waals surface area contributed by atoms with E-state index in [4.69, 9.17) is 31.0 Å². The maximum atomic E-state index is 12.9. The quantitative estimate of drug-likeness (QED) is 0.0576. The number of hydroxylamine groups is 2. The highest BCUT2D eigenvalue weighted by Crippen LogP contribution is 2.33. The molecule has 2 aromatic rings. The second-order valence-electron chi connectivity index (χ2n) is 7.68. The third-order valence-electron chi connectivity index (χ3n) is 4.65. The summed E-state index contributed by atoms with van der Waals surface area (Å²) in [7, 11) is -4.95. The molecule has 1 fully saturated rings. The van der Waals surface area contributed by atoms with Crippen LogP contribution in [0.5, 0.6) is 5.88 Å². The molecule has 1 saturated heterocycles. The molecule has 3 heterocycles. The number of nitrogen functional groups attached to an aromatic ring is 2. The van der Waals surface area contributed by atoms with Gasteiger partial charge in [0.2, 0.25) is 5.88 Å². The Labute approximate surface area is 212 Å². The molecule has 0 saturated carbocycles. The number of anilines is 1. The number of β-lactam (4-membered cyclic amide) rings is 1. The second-order valence-corrected chi connectivity index (χ2v) is 10.8. The van der Waals surface area contributed by atoms with E-state index in [0.717, 1.165) is 11.3 Å². The number of nitrogens with zero attached hydrogens (tertiary/aromatic N) is 4. The molecule has 7 N–H and O–H groups in total. The van der Waals surface area contributed by atoms with Gasteiger partial charge in [-0.3, -0.25) is 19.6 Å². The number of ether oxygens (including phenoxy) is 1. The van der Waals surface area contributed by atoms with Gasteiger partial charge in [-0.15, -0.1) is 27.0 Å². The first-order chi connectivity index (χ1) is 16.7. The molecule has 1 aliphatic rings. The fourth-order valence-corrected chi connectivity index (χ4v) is 4.66. The Morgan fingerprint density at radius 2 is 2.08 bits per heavy atom. The summed E-state index contributed by atoms with van der Waals surface area (Å²) in [5.41, 5.74) is 9.51. The summed E-state index contributed by atoms with van der Waals surface area (Å²) in [6.07, 6.45) is 0. The van der Waals surface area contributed by atoms with Crippen LogP contribution in [-0.2, 0) is 29.1 Å². The van der Waals surface area contributed by atoms with Crippen LogP contribution in [0.15, 0.2) is 10.5 Å². The molecule has 36 heavy (non-hydrogen) atoms. The zero-order chi connectivity index (χ0) is 26.8. The van der Waals surface area contributed by atoms with Gasteiger partial charge in [-0.05, 0) is 20.8 Å². The molecule has 1 aliphatic heterocycles. The largest absolute Gasteiger partial charge is 0.473 e. The van der Waals surface area contributed by atoms with Crippen LogP contribution in [0, 0.1) is 12.3 Å². The zero-order valence-electron chi connectivity index (χ0n) is 19.0. The molecule has 3 rings (SSSR count). The number of hydrogen-bond acceptors (Lipinski definition) is 14. The van der Waals surface area contributed by atoms with Crippen molar-refractivity contribution in [2.24, 2.45) is 10.9 Å². The van der Waals surface area contributed by atoms with Crippen molar-refractivity contribution in [1.82, 2.24) is 20.3 Å². The summed E-state index contributed by atoms with van der Waals surface area (Å²) >= 11 is 2.24. The number of nitrogens with two attached hydrogens (primary N) is 2. The second kappa shape index (κ2) is 10.3. The fourth-order valence-electron chi connectivity index (χ4n) is 2.94. The van der Waals surface area contributed by atoms with E-state index in [9.17, 15) is 18.0 Å². The van der Waals surface area contributed by atoms with Crippen LogP contribution < -0.4 is 21.5 Å². The van der Waals surface area contributed by atoms with E-state index in [-0.39, 0.29) is 41.5 Å². The maximum Gasteiger partial charge on any atom is 0.418 e. The Morgan fingerprint density at radius 1 is 1.39 bits per heavy atom. The van der Waals surface area contributed by atoms with Crippen LogP contribution in [0.25, 0.3) is 0 Å². The molecule has 1 atom stereocenters. The number of amidine groups is 1. The molecule has 0 bridgehead atoms. The van der Waals surface area contributed by atoms with E-state index < -0.39 is 33.8 Å². The van der Waals surface area contributed by atoms with Crippen molar-refractivity contribution < 1.29 is 36.4 Å². The molecule has 0 aliphatic carbocycles. The minimum Gasteiger partial charge on any atom is -0.473 e. The average molecular weight is 563 g/mol. The van der Waals surface area contributed by atoms with Crippen LogP contribution in [0.2, 0.25) is 0 Å². The lowest BCUT2D eigenvalue weighted by Gasteiger charge is -2.50. The van der Waals surface area contributed by atoms with Gasteiger partial charge < -0.3 is 26.4 Å². The Balaban J connectivity index is 1.66. The standard InChI is InChI=1S/C17H22N8O8S3/c1-7-13(23-14(35-7)11(18)19)31-4-5-32-24-9(8-6-34-16(20)21-8)12(26)22-10-15(27)25(17(10,2)3)33-36(28,29)30/h6,10H,4-5H2,1-3H3,(H3,18,19)(H2,20,21)(H,22,26)(H,28,29,30)/t10-/m1/s1. The molecule has 0 radical (unpaired) electrons. The highest BCUT2D eigenvalue weighted by Gasteiger charge is 2.58. The molecule has 2 aromatic heterocycles. The monoisotopic (exact) mass is 562 g/mol. The number of carbonyl (C=O) groups excluding carboxylic acids is 2. The maximum absolute atomic E-state index is 12.9. The van der Waals surface area contributed by atoms with Gasteiger partial charge in [0.25, 0.3) is 11.8 Å². The summed E-state index contributed by atoms with van der Waals surface area (Å²) < 4.78 is 40.5. The predicted octanol–water partition coefficient (Wildman–Crippen LogP) is -0.586. The van der Waals surface area contributed by atoms with E-state index in [0.29, 0.717) is 14.9 Å². The molecule has 196 valence electrons. The van der Waals surface area contributed by atoms with E-state index >= 15 is 0 Å². The van der Waals surface area contributed by atoms with Gasteiger partial charge in [0.15, 0.2) is 28.3 Å². The Bertz CT molecular complexity index is 1320. The Morgan fingerprint density at radius 3 is 2.61 bits per heavy atom. The zero-order valence-corrected chi connectivity index (χ0v) is 21.5. The lowest BCUT2D eigenvalue weighted by Crippen LogP contribution is -2.76. The van der Waals surface area contributed by atoms with E-state index in [1.807, 2.05) is 0 Å². The molecule has 16 nitrogen and oxygen atoms in total. The van der Waals surface area contributed by atoms with Crippen LogP contribution in [0.4, 0.5) is 5.13 Å². The smallest absolute Gasteiger partial charge is 0.418 e. The van der Waals surface area contributed by atoms with Crippen molar-refractivity contribution >= 4 is 61.6 Å². The van der Waals surface area contributed by atoms with Gasteiger partial charge in [-0.2, -0.15) is 18.5 Å². The molecule has 19 heteroatoms. The van der Waals surface area contributed by atoms with Crippen molar-refractivity contribution in [3.05, 3.63) is 21.0 Å². The number of nitrogens with one attached hydrogen (secondary N) is 2. The number of aryl methyl sites for hydroxylation is 1. The third kappa shape index (κ3) is 6.05. The van der Waals surface area contributed by atoms with Gasteiger partial charge in [0, 0.05) is 5.38 Å². The number of hydrogen-bond donors (Lipinski definition) is 5. The molecule has 0 spiro atoms. The number of rotatable bonds is 11. The summed E-state index contributed by atoms with van der Waals surface area (Å²) in [6, 6.07) is -1.21. The normalized spacial score (nSPS) is 17.4. The van der Waals surface area contributed by atoms with Gasteiger partial charge in [0.05, 0.1) is 10.4 Å². The summed E-state index contributed by atoms with van der Waals surface area (Å²) in [6.45, 7) is 4.46. The summed E-state index contributed by atoms with van der Waals surface area (Å²) in [5, 5.41) is 16.0. The molecular formula is C17H22N8O8S3. The number of amides is 2.